The Morgan fingerprint density at radius 3 is 2.81 bits per heavy atom. The average molecular weight is 228 g/mol. The third-order valence-electron chi connectivity index (χ3n) is 3.35. The lowest BCUT2D eigenvalue weighted by Crippen LogP contribution is -2.43. The summed E-state index contributed by atoms with van der Waals surface area (Å²) in [6, 6.07) is 0.234. The molecule has 1 saturated heterocycles. The lowest BCUT2D eigenvalue weighted by atomic mass is 9.97. The van der Waals surface area contributed by atoms with Crippen LogP contribution in [0.25, 0.3) is 0 Å². The van der Waals surface area contributed by atoms with E-state index in [1.807, 2.05) is 20.9 Å². The number of carbonyl (C=O) groups excluding carboxylic acids is 1. The van der Waals surface area contributed by atoms with Crippen molar-refractivity contribution < 1.29 is 9.53 Å². The van der Waals surface area contributed by atoms with Crippen LogP contribution in [0.3, 0.4) is 0 Å². The molecule has 1 fully saturated rings. The van der Waals surface area contributed by atoms with Gasteiger partial charge >= 0.3 is 0 Å². The zero-order valence-electron chi connectivity index (χ0n) is 10.8. The van der Waals surface area contributed by atoms with E-state index in [0.29, 0.717) is 5.92 Å². The summed E-state index contributed by atoms with van der Waals surface area (Å²) in [6.45, 7) is 8.31. The van der Waals surface area contributed by atoms with Crippen LogP contribution in [0.2, 0.25) is 0 Å². The molecule has 0 spiro atoms. The Hall–Kier alpha value is -0.610. The smallest absolute Gasteiger partial charge is 0.248 e. The number of nitrogens with zero attached hydrogens (tertiary/aromatic N) is 1. The van der Waals surface area contributed by atoms with Gasteiger partial charge in [0.2, 0.25) is 5.91 Å². The van der Waals surface area contributed by atoms with Crippen molar-refractivity contribution in [3.8, 4) is 0 Å². The van der Waals surface area contributed by atoms with Crippen LogP contribution in [-0.4, -0.2) is 49.7 Å². The molecule has 0 saturated carbocycles. The van der Waals surface area contributed by atoms with Crippen molar-refractivity contribution in [1.29, 1.82) is 0 Å². The minimum atomic E-state index is 0.0628. The highest BCUT2D eigenvalue weighted by atomic mass is 16.5. The van der Waals surface area contributed by atoms with Crippen LogP contribution in [0.4, 0.5) is 0 Å². The molecule has 16 heavy (non-hydrogen) atoms. The Bertz CT molecular complexity index is 231. The van der Waals surface area contributed by atoms with Crippen molar-refractivity contribution >= 4 is 5.91 Å². The Morgan fingerprint density at radius 1 is 1.56 bits per heavy atom. The van der Waals surface area contributed by atoms with Crippen LogP contribution in [0, 0.1) is 5.92 Å². The number of hydrogen-bond acceptors (Lipinski definition) is 3. The summed E-state index contributed by atoms with van der Waals surface area (Å²) in [4.78, 5) is 13.4. The average Bonchev–Trinajstić information content (AvgIpc) is 2.26. The highest BCUT2D eigenvalue weighted by molar-refractivity contribution is 5.77. The first kappa shape index (κ1) is 13.5. The van der Waals surface area contributed by atoms with Crippen LogP contribution in [0.5, 0.6) is 0 Å². The quantitative estimate of drug-likeness (QED) is 0.776. The summed E-state index contributed by atoms with van der Waals surface area (Å²) in [5.41, 5.74) is 0. The fraction of sp³-hybridized carbons (Fsp3) is 0.917. The molecule has 4 heteroatoms. The van der Waals surface area contributed by atoms with Gasteiger partial charge in [-0.15, -0.1) is 0 Å². The molecule has 1 heterocycles. The lowest BCUT2D eigenvalue weighted by molar-refractivity contribution is -0.139. The zero-order valence-corrected chi connectivity index (χ0v) is 10.8. The lowest BCUT2D eigenvalue weighted by Gasteiger charge is -2.30. The van der Waals surface area contributed by atoms with Gasteiger partial charge in [-0.3, -0.25) is 4.79 Å². The van der Waals surface area contributed by atoms with Crippen LogP contribution in [-0.2, 0) is 9.53 Å². The summed E-state index contributed by atoms with van der Waals surface area (Å²) < 4.78 is 5.67. The number of piperidine rings is 1. The van der Waals surface area contributed by atoms with Crippen molar-refractivity contribution in [3.63, 3.8) is 0 Å². The second kappa shape index (κ2) is 6.21. The molecule has 0 aromatic rings. The molecule has 94 valence electrons. The number of carbonyl (C=O) groups is 1. The van der Waals surface area contributed by atoms with Crippen molar-refractivity contribution in [1.82, 2.24) is 10.2 Å². The van der Waals surface area contributed by atoms with Crippen LogP contribution < -0.4 is 5.32 Å². The summed E-state index contributed by atoms with van der Waals surface area (Å²) >= 11 is 0. The van der Waals surface area contributed by atoms with Gasteiger partial charge in [0.15, 0.2) is 0 Å². The molecule has 4 nitrogen and oxygen atoms in total. The Balaban J connectivity index is 2.30. The van der Waals surface area contributed by atoms with Gasteiger partial charge in [0, 0.05) is 19.6 Å². The second-order valence-corrected chi connectivity index (χ2v) is 4.92. The van der Waals surface area contributed by atoms with E-state index in [9.17, 15) is 4.79 Å². The SMILES string of the molecule is CC1CCNCC1OCC(=O)N(C)C(C)C. The molecule has 0 bridgehead atoms. The van der Waals surface area contributed by atoms with E-state index in [1.54, 1.807) is 4.90 Å². The van der Waals surface area contributed by atoms with E-state index in [1.165, 1.54) is 0 Å². The Labute approximate surface area is 98.3 Å². The highest BCUT2D eigenvalue weighted by Gasteiger charge is 2.23. The minimum absolute atomic E-state index is 0.0628. The van der Waals surface area contributed by atoms with Crippen LogP contribution in [0.1, 0.15) is 27.2 Å². The second-order valence-electron chi connectivity index (χ2n) is 4.92. The van der Waals surface area contributed by atoms with Gasteiger partial charge in [0.25, 0.3) is 0 Å². The van der Waals surface area contributed by atoms with Crippen molar-refractivity contribution in [2.24, 2.45) is 5.92 Å². The largest absolute Gasteiger partial charge is 0.367 e. The molecule has 0 aliphatic carbocycles. The maximum Gasteiger partial charge on any atom is 0.248 e. The monoisotopic (exact) mass is 228 g/mol. The first-order valence-corrected chi connectivity index (χ1v) is 6.10. The van der Waals surface area contributed by atoms with Crippen molar-refractivity contribution in [2.75, 3.05) is 26.7 Å². The molecule has 1 aliphatic rings. The summed E-state index contributed by atoms with van der Waals surface area (Å²) in [5.74, 6) is 0.603. The fourth-order valence-electron chi connectivity index (χ4n) is 1.75. The third kappa shape index (κ3) is 3.76. The van der Waals surface area contributed by atoms with Crippen LogP contribution >= 0.6 is 0 Å². The number of ether oxygens (including phenoxy) is 1. The molecule has 0 aromatic carbocycles. The zero-order chi connectivity index (χ0) is 12.1. The first-order chi connectivity index (χ1) is 7.52. The number of amides is 1. The van der Waals surface area contributed by atoms with Crippen molar-refractivity contribution in [3.05, 3.63) is 0 Å². The molecule has 2 atom stereocenters. The van der Waals surface area contributed by atoms with Gasteiger partial charge in [-0.05, 0) is 32.7 Å². The number of rotatable bonds is 4. The van der Waals surface area contributed by atoms with Gasteiger partial charge < -0.3 is 15.0 Å². The third-order valence-corrected chi connectivity index (χ3v) is 3.35. The summed E-state index contributed by atoms with van der Waals surface area (Å²) in [6.07, 6.45) is 1.30. The first-order valence-electron chi connectivity index (χ1n) is 6.10. The van der Waals surface area contributed by atoms with Crippen molar-refractivity contribution in [2.45, 2.75) is 39.3 Å². The highest BCUT2D eigenvalue weighted by Crippen LogP contribution is 2.14. The predicted molar refractivity (Wildman–Crippen MR) is 64.3 cm³/mol. The molecular weight excluding hydrogens is 204 g/mol. The van der Waals surface area contributed by atoms with Crippen LogP contribution in [0.15, 0.2) is 0 Å². The Morgan fingerprint density at radius 2 is 2.25 bits per heavy atom. The molecule has 1 N–H and O–H groups in total. The maximum atomic E-state index is 11.7. The number of hydrogen-bond donors (Lipinski definition) is 1. The fourth-order valence-corrected chi connectivity index (χ4v) is 1.75. The normalized spacial score (nSPS) is 25.8. The van der Waals surface area contributed by atoms with E-state index < -0.39 is 0 Å². The van der Waals surface area contributed by atoms with Gasteiger partial charge in [0.05, 0.1) is 6.10 Å². The van der Waals surface area contributed by atoms with E-state index in [-0.39, 0.29) is 24.7 Å². The molecule has 1 aliphatic heterocycles. The van der Waals surface area contributed by atoms with E-state index in [0.717, 1.165) is 19.5 Å². The summed E-state index contributed by atoms with van der Waals surface area (Å²) in [7, 11) is 1.82. The van der Waals surface area contributed by atoms with E-state index in [4.69, 9.17) is 4.74 Å². The maximum absolute atomic E-state index is 11.7. The van der Waals surface area contributed by atoms with E-state index >= 15 is 0 Å². The topological polar surface area (TPSA) is 41.6 Å². The van der Waals surface area contributed by atoms with E-state index in [2.05, 4.69) is 12.2 Å². The van der Waals surface area contributed by atoms with Gasteiger partial charge in [-0.1, -0.05) is 6.92 Å². The molecule has 1 rings (SSSR count). The molecular formula is C12H24N2O2. The minimum Gasteiger partial charge on any atom is -0.367 e. The number of nitrogens with one attached hydrogen (secondary N) is 1. The molecule has 0 radical (unpaired) electrons. The molecule has 1 amide bonds. The number of likely N-dealkylation sites (N-methyl/N-ethyl adjacent to an activating group) is 1. The van der Waals surface area contributed by atoms with Gasteiger partial charge in [0.1, 0.15) is 6.61 Å². The molecule has 2 unspecified atom stereocenters. The van der Waals surface area contributed by atoms with Gasteiger partial charge in [-0.2, -0.15) is 0 Å². The standard InChI is InChI=1S/C12H24N2O2/c1-9(2)14(4)12(15)8-16-11-7-13-6-5-10(11)3/h9-11,13H,5-8H2,1-4H3. The summed E-state index contributed by atoms with van der Waals surface area (Å²) in [5, 5.41) is 3.29. The predicted octanol–water partition coefficient (Wildman–Crippen LogP) is 0.868. The Kier molecular flexibility index (Phi) is 5.22. The molecule has 0 aromatic heterocycles. The van der Waals surface area contributed by atoms with Gasteiger partial charge in [-0.25, -0.2) is 0 Å².